The van der Waals surface area contributed by atoms with Crippen LogP contribution in [0.25, 0.3) is 11.3 Å². The molecular weight excluding hydrogens is 822 g/mol. The van der Waals surface area contributed by atoms with Gasteiger partial charge in [-0.15, -0.1) is 0 Å². The Bertz CT molecular complexity index is 2230. The molecule has 2 saturated heterocycles. The van der Waals surface area contributed by atoms with Crippen LogP contribution < -0.4 is 20.1 Å². The van der Waals surface area contributed by atoms with Gasteiger partial charge in [-0.2, -0.15) is 13.2 Å². The molecule has 4 heterocycles. The minimum atomic E-state index is -4.71. The number of carbonyl (C=O) groups is 5. The first-order valence-electron chi connectivity index (χ1n) is 20.6. The molecule has 3 aliphatic heterocycles. The van der Waals surface area contributed by atoms with E-state index < -0.39 is 97.7 Å². The second kappa shape index (κ2) is 16.6. The molecule has 2 aliphatic carbocycles. The number of hydrogen-bond donors (Lipinski definition) is 3. The lowest BCUT2D eigenvalue weighted by Crippen LogP contribution is -2.60. The van der Waals surface area contributed by atoms with Crippen LogP contribution in [0, 0.1) is 17.8 Å². The molecule has 61 heavy (non-hydrogen) atoms. The molecule has 0 spiro atoms. The molecule has 3 N–H and O–H groups in total. The van der Waals surface area contributed by atoms with E-state index in [4.69, 9.17) is 9.47 Å². The molecule has 2 saturated carbocycles. The van der Waals surface area contributed by atoms with Gasteiger partial charge < -0.3 is 29.9 Å². The maximum absolute atomic E-state index is 14.7. The average Bonchev–Trinajstić information content (AvgIpc) is 4.09. The lowest BCUT2D eigenvalue weighted by Gasteiger charge is -2.33. The minimum absolute atomic E-state index is 0.00991. The second-order valence-electron chi connectivity index (χ2n) is 17.6. The Morgan fingerprint density at radius 3 is 2.43 bits per heavy atom. The van der Waals surface area contributed by atoms with Crippen LogP contribution >= 0.6 is 0 Å². The number of allylic oxidation sites excluding steroid dienone is 1. The van der Waals surface area contributed by atoms with Gasteiger partial charge in [-0.1, -0.05) is 31.1 Å². The van der Waals surface area contributed by atoms with Gasteiger partial charge in [0.15, 0.2) is 0 Å². The van der Waals surface area contributed by atoms with Crippen LogP contribution in [-0.4, -0.2) is 108 Å². The van der Waals surface area contributed by atoms with Crippen molar-refractivity contribution in [1.82, 2.24) is 30.1 Å². The highest BCUT2D eigenvalue weighted by Crippen LogP contribution is 2.47. The molecule has 1 aromatic carbocycles. The van der Waals surface area contributed by atoms with E-state index in [1.165, 1.54) is 40.1 Å². The predicted molar refractivity (Wildman–Crippen MR) is 214 cm³/mol. The number of sulfonamides is 1. The molecule has 15 nitrogen and oxygen atoms in total. The number of amides is 5. The number of benzene rings is 1. The molecule has 0 bridgehead atoms. The highest BCUT2D eigenvalue weighted by molar-refractivity contribution is 7.91. The van der Waals surface area contributed by atoms with E-state index in [0.717, 1.165) is 19.6 Å². The predicted octanol–water partition coefficient (Wildman–Crippen LogP) is 4.57. The number of alkyl carbamates (subject to hydrolysis) is 1. The zero-order chi connectivity index (χ0) is 44.1. The van der Waals surface area contributed by atoms with E-state index in [1.54, 1.807) is 20.8 Å². The number of ether oxygens (including phenoxy) is 2. The van der Waals surface area contributed by atoms with Crippen molar-refractivity contribution in [2.75, 3.05) is 26.7 Å². The topological polar surface area (TPSA) is 193 Å². The van der Waals surface area contributed by atoms with Crippen molar-refractivity contribution in [2.45, 2.75) is 107 Å². The number of fused-ring (bicyclic) bond motifs is 4. The van der Waals surface area contributed by atoms with Crippen LogP contribution in [0.1, 0.15) is 88.2 Å². The van der Waals surface area contributed by atoms with Crippen molar-refractivity contribution in [1.29, 1.82) is 0 Å². The number of carbonyl (C=O) groups excluding carboxylic acids is 5. The zero-order valence-electron chi connectivity index (χ0n) is 34.4. The highest BCUT2D eigenvalue weighted by Gasteiger charge is 2.63. The Morgan fingerprint density at radius 1 is 0.984 bits per heavy atom. The molecule has 5 amide bonds. The molecule has 6 atom stereocenters. The average molecular weight is 873 g/mol. The second-order valence-corrected chi connectivity index (χ2v) is 19.6. The van der Waals surface area contributed by atoms with Gasteiger partial charge in [-0.05, 0) is 89.6 Å². The SMILES string of the molecule is COc1ccc(-c2cccc(C(=O)N3C[C@H]4CN5C(=O)[C@@H](NC(=O)OC(C)(C)C)CCCCC/C=C\[C@H]6C[C@@]6(C(=O)NS(=O)(=O)C6CC6)NC(=O)[C@@H]5[C@H]4C3)n2)cc1C(F)(F)F. The van der Waals surface area contributed by atoms with Gasteiger partial charge >= 0.3 is 12.3 Å². The fraction of sp³-hybridized carbons (Fsp3) is 0.571. The zero-order valence-corrected chi connectivity index (χ0v) is 35.2. The lowest BCUT2D eigenvalue weighted by molar-refractivity contribution is -0.142. The van der Waals surface area contributed by atoms with Gasteiger partial charge in [0.05, 0.1) is 23.6 Å². The third-order valence-electron chi connectivity index (χ3n) is 12.0. The number of alkyl halides is 3. The Balaban J connectivity index is 1.18. The first-order chi connectivity index (χ1) is 28.7. The molecule has 7 rings (SSSR count). The monoisotopic (exact) mass is 872 g/mol. The van der Waals surface area contributed by atoms with Gasteiger partial charge in [0, 0.05) is 43.0 Å². The Labute approximate surface area is 352 Å². The third-order valence-corrected chi connectivity index (χ3v) is 13.8. The number of nitrogens with one attached hydrogen (secondary N) is 3. The normalized spacial score (nSPS) is 27.6. The van der Waals surface area contributed by atoms with Gasteiger partial charge in [0.25, 0.3) is 11.8 Å². The molecule has 19 heteroatoms. The summed E-state index contributed by atoms with van der Waals surface area (Å²) in [6.07, 6.45) is 2.05. The molecule has 0 unspecified atom stereocenters. The smallest absolute Gasteiger partial charge is 0.419 e. The standard InChI is InChI=1S/C42H51F3N6O9S/c1-40(2,3)60-39(56)47-32-12-9-7-5-6-8-11-26-20-41(26,38(55)49-61(57,58)27-16-17-27)48-35(52)34-28-23-50(21-25(28)22-51(34)37(32)54)36(53)31-14-10-13-30(46-31)24-15-18-33(59-4)29(19-24)42(43,44)45/h8,10-11,13-15,18-19,25-28,32,34H,5-7,9,12,16-17,20-23H2,1-4H3,(H,47,56)(H,48,52)(H,49,55)/b11-8-/t25-,26-,28-,32-,34-,41+/m0/s1. The lowest BCUT2D eigenvalue weighted by atomic mass is 9.93. The Kier molecular flexibility index (Phi) is 11.9. The van der Waals surface area contributed by atoms with Crippen LogP contribution in [-0.2, 0) is 35.3 Å². The van der Waals surface area contributed by atoms with Crippen LogP contribution in [0.15, 0.2) is 48.6 Å². The van der Waals surface area contributed by atoms with Crippen molar-refractivity contribution in [3.05, 3.63) is 59.8 Å². The number of nitrogens with zero attached hydrogens (tertiary/aromatic N) is 3. The summed E-state index contributed by atoms with van der Waals surface area (Å²) >= 11 is 0. The number of methoxy groups -OCH3 is 1. The largest absolute Gasteiger partial charge is 0.496 e. The fourth-order valence-electron chi connectivity index (χ4n) is 8.65. The Morgan fingerprint density at radius 2 is 1.74 bits per heavy atom. The van der Waals surface area contributed by atoms with Gasteiger partial charge in [-0.3, -0.25) is 23.9 Å². The number of hydrogen-bond acceptors (Lipinski definition) is 10. The summed E-state index contributed by atoms with van der Waals surface area (Å²) in [6.45, 7) is 5.14. The molecular formula is C42H51F3N6O9S. The van der Waals surface area contributed by atoms with E-state index in [-0.39, 0.29) is 55.2 Å². The third kappa shape index (κ3) is 9.50. The number of rotatable bonds is 7. The van der Waals surface area contributed by atoms with E-state index in [0.29, 0.717) is 32.1 Å². The first-order valence-corrected chi connectivity index (χ1v) is 22.1. The number of halogens is 3. The van der Waals surface area contributed by atoms with Crippen LogP contribution in [0.2, 0.25) is 0 Å². The molecule has 4 fully saturated rings. The van der Waals surface area contributed by atoms with Crippen LogP contribution in [0.4, 0.5) is 18.0 Å². The van der Waals surface area contributed by atoms with Gasteiger partial charge in [0.1, 0.15) is 34.7 Å². The highest BCUT2D eigenvalue weighted by atomic mass is 32.2. The fourth-order valence-corrected chi connectivity index (χ4v) is 10.0. The van der Waals surface area contributed by atoms with Crippen LogP contribution in [0.3, 0.4) is 0 Å². The minimum Gasteiger partial charge on any atom is -0.496 e. The van der Waals surface area contributed by atoms with Crippen molar-refractivity contribution >= 4 is 39.7 Å². The number of aromatic nitrogens is 1. The molecule has 2 aromatic rings. The number of likely N-dealkylation sites (tertiary alicyclic amines) is 1. The summed E-state index contributed by atoms with van der Waals surface area (Å²) in [6, 6.07) is 5.59. The van der Waals surface area contributed by atoms with Crippen molar-refractivity contribution in [2.24, 2.45) is 17.8 Å². The van der Waals surface area contributed by atoms with Crippen molar-refractivity contribution in [3.63, 3.8) is 0 Å². The van der Waals surface area contributed by atoms with E-state index in [9.17, 15) is 45.6 Å². The maximum atomic E-state index is 14.7. The van der Waals surface area contributed by atoms with Gasteiger partial charge in [-0.25, -0.2) is 18.2 Å². The summed E-state index contributed by atoms with van der Waals surface area (Å²) in [7, 11) is -2.84. The summed E-state index contributed by atoms with van der Waals surface area (Å²) in [4.78, 5) is 77.6. The molecule has 5 aliphatic rings. The van der Waals surface area contributed by atoms with Crippen LogP contribution in [0.5, 0.6) is 5.75 Å². The van der Waals surface area contributed by atoms with E-state index in [1.807, 2.05) is 12.2 Å². The maximum Gasteiger partial charge on any atom is 0.419 e. The van der Waals surface area contributed by atoms with Crippen molar-refractivity contribution < 1.29 is 55.0 Å². The quantitative estimate of drug-likeness (QED) is 0.332. The summed E-state index contributed by atoms with van der Waals surface area (Å²) in [5, 5.41) is 4.87. The summed E-state index contributed by atoms with van der Waals surface area (Å²) < 4.78 is 79.9. The molecule has 0 radical (unpaired) electrons. The number of pyridine rings is 1. The summed E-state index contributed by atoms with van der Waals surface area (Å²) in [5.41, 5.74) is -3.31. The first kappa shape index (κ1) is 43.9. The van der Waals surface area contributed by atoms with Crippen molar-refractivity contribution in [3.8, 4) is 17.0 Å². The summed E-state index contributed by atoms with van der Waals surface area (Å²) in [5.74, 6) is -4.65. The molecule has 330 valence electrons. The van der Waals surface area contributed by atoms with E-state index >= 15 is 0 Å². The Hall–Kier alpha value is -5.20. The van der Waals surface area contributed by atoms with Gasteiger partial charge in [0.2, 0.25) is 21.8 Å². The molecule has 1 aromatic heterocycles. The van der Waals surface area contributed by atoms with E-state index in [2.05, 4.69) is 20.3 Å².